The molecule has 4 rings (SSSR count). The van der Waals surface area contributed by atoms with Crippen LogP contribution in [0.4, 0.5) is 11.4 Å². The van der Waals surface area contributed by atoms with Gasteiger partial charge in [0.1, 0.15) is 0 Å². The van der Waals surface area contributed by atoms with Gasteiger partial charge in [-0.1, -0.05) is 75.4 Å². The third-order valence-corrected chi connectivity index (χ3v) is 6.22. The number of para-hydroxylation sites is 1. The van der Waals surface area contributed by atoms with Gasteiger partial charge in [-0.05, 0) is 22.6 Å². The average molecular weight is 459 g/mol. The van der Waals surface area contributed by atoms with Crippen LogP contribution in [0.2, 0.25) is 0 Å². The molecule has 1 aliphatic rings. The van der Waals surface area contributed by atoms with E-state index in [4.69, 9.17) is 0 Å². The highest BCUT2D eigenvalue weighted by Crippen LogP contribution is 2.43. The molecule has 0 bridgehead atoms. The van der Waals surface area contributed by atoms with Gasteiger partial charge in [-0.25, -0.2) is 0 Å². The molecule has 0 radical (unpaired) electrons. The minimum absolute atomic E-state index is 0.0449. The van der Waals surface area contributed by atoms with Crippen LogP contribution >= 0.6 is 0 Å². The summed E-state index contributed by atoms with van der Waals surface area (Å²) in [6, 6.07) is 20.0. The van der Waals surface area contributed by atoms with Gasteiger partial charge in [-0.2, -0.15) is 0 Å². The molecule has 34 heavy (non-hydrogen) atoms. The molecular weight excluding hydrogens is 432 g/mol. The molecule has 0 saturated heterocycles. The van der Waals surface area contributed by atoms with Gasteiger partial charge in [0.05, 0.1) is 23.6 Å². The topological polar surface area (TPSA) is 101 Å². The maximum atomic E-state index is 13.4. The lowest BCUT2D eigenvalue weighted by Crippen LogP contribution is -2.41. The molecule has 7 nitrogen and oxygen atoms in total. The summed E-state index contributed by atoms with van der Waals surface area (Å²) in [6.07, 6.45) is -0.380. The van der Waals surface area contributed by atoms with E-state index in [1.165, 1.54) is 17.0 Å². The summed E-state index contributed by atoms with van der Waals surface area (Å²) in [5, 5.41) is 22.4. The van der Waals surface area contributed by atoms with Crippen LogP contribution in [0.5, 0.6) is 0 Å². The quantitative estimate of drug-likeness (QED) is 0.322. The Morgan fingerprint density at radius 2 is 1.62 bits per heavy atom. The summed E-state index contributed by atoms with van der Waals surface area (Å²) in [7, 11) is 0. The van der Waals surface area contributed by atoms with Crippen LogP contribution in [0, 0.1) is 10.1 Å². The third kappa shape index (κ3) is 4.22. The molecule has 0 saturated carbocycles. The van der Waals surface area contributed by atoms with Gasteiger partial charge in [-0.15, -0.1) is 0 Å². The molecule has 1 amide bonds. The van der Waals surface area contributed by atoms with E-state index in [-0.39, 0.29) is 29.9 Å². The number of rotatable bonds is 6. The second-order valence-corrected chi connectivity index (χ2v) is 9.62. The number of hydrogen-bond donors (Lipinski definition) is 1. The SMILES string of the molecule is CC(C)(C)c1ccc(C(=O)C[C@]2(O)C(=O)N(Cc3ccc([N+](=O)[O-])cc3)c3ccccc32)cc1. The van der Waals surface area contributed by atoms with Gasteiger partial charge in [-0.3, -0.25) is 19.7 Å². The number of non-ortho nitro benzene ring substituents is 1. The molecule has 0 spiro atoms. The van der Waals surface area contributed by atoms with Crippen molar-refractivity contribution < 1.29 is 19.6 Å². The number of carbonyl (C=O) groups is 2. The zero-order valence-electron chi connectivity index (χ0n) is 19.3. The van der Waals surface area contributed by atoms with Crippen LogP contribution in [-0.4, -0.2) is 21.7 Å². The first-order chi connectivity index (χ1) is 16.0. The second kappa shape index (κ2) is 8.50. The average Bonchev–Trinajstić information content (AvgIpc) is 3.01. The normalized spacial score (nSPS) is 17.5. The molecular formula is C27H26N2O5. The van der Waals surface area contributed by atoms with Crippen molar-refractivity contribution >= 4 is 23.1 Å². The largest absolute Gasteiger partial charge is 0.375 e. The van der Waals surface area contributed by atoms with Crippen LogP contribution in [0.15, 0.2) is 72.8 Å². The number of nitrogens with zero attached hydrogens (tertiary/aromatic N) is 2. The predicted octanol–water partition coefficient (Wildman–Crippen LogP) is 4.90. The second-order valence-electron chi connectivity index (χ2n) is 9.62. The summed E-state index contributed by atoms with van der Waals surface area (Å²) >= 11 is 0. The zero-order valence-corrected chi connectivity index (χ0v) is 19.3. The van der Waals surface area contributed by atoms with Crippen molar-refractivity contribution in [2.24, 2.45) is 0 Å². The molecule has 7 heteroatoms. The highest BCUT2D eigenvalue weighted by Gasteiger charge is 2.50. The fourth-order valence-electron chi connectivity index (χ4n) is 4.23. The van der Waals surface area contributed by atoms with Crippen LogP contribution in [0.25, 0.3) is 0 Å². The molecule has 1 N–H and O–H groups in total. The van der Waals surface area contributed by atoms with E-state index in [1.807, 2.05) is 12.1 Å². The van der Waals surface area contributed by atoms with Gasteiger partial charge in [0, 0.05) is 23.3 Å². The van der Waals surface area contributed by atoms with Crippen molar-refractivity contribution in [3.63, 3.8) is 0 Å². The summed E-state index contributed by atoms with van der Waals surface area (Å²) in [5.41, 5.74) is 0.986. The Labute approximate surface area is 197 Å². The molecule has 3 aromatic carbocycles. The number of nitro benzene ring substituents is 1. The van der Waals surface area contributed by atoms with Crippen molar-refractivity contribution in [3.05, 3.63) is 105 Å². The smallest absolute Gasteiger partial charge is 0.269 e. The van der Waals surface area contributed by atoms with E-state index in [2.05, 4.69) is 20.8 Å². The number of amides is 1. The van der Waals surface area contributed by atoms with E-state index in [0.717, 1.165) is 5.56 Å². The molecule has 0 unspecified atom stereocenters. The van der Waals surface area contributed by atoms with E-state index in [1.54, 1.807) is 48.5 Å². The molecule has 1 atom stereocenters. The lowest BCUT2D eigenvalue weighted by atomic mass is 9.85. The summed E-state index contributed by atoms with van der Waals surface area (Å²) in [5.74, 6) is -0.921. The number of Topliss-reactive ketones (excluding diaryl/α,β-unsaturated/α-hetero) is 1. The first kappa shape index (κ1) is 23.3. The maximum Gasteiger partial charge on any atom is 0.269 e. The Balaban J connectivity index is 1.61. The van der Waals surface area contributed by atoms with E-state index < -0.39 is 16.4 Å². The van der Waals surface area contributed by atoms with Crippen LogP contribution < -0.4 is 4.90 Å². The summed E-state index contributed by atoms with van der Waals surface area (Å²) < 4.78 is 0. The lowest BCUT2D eigenvalue weighted by Gasteiger charge is -2.23. The molecule has 0 aliphatic carbocycles. The zero-order chi connectivity index (χ0) is 24.7. The number of nitro groups is 1. The minimum Gasteiger partial charge on any atom is -0.375 e. The number of aliphatic hydroxyl groups is 1. The standard InChI is InChI=1S/C27H26N2O5/c1-26(2,3)20-12-10-19(11-13-20)24(30)16-27(32)22-6-4-5-7-23(22)28(25(27)31)17-18-8-14-21(15-9-18)29(33)34/h4-15,32H,16-17H2,1-3H3/t27-/m1/s1. The minimum atomic E-state index is -1.99. The Morgan fingerprint density at radius 1 is 1.00 bits per heavy atom. The van der Waals surface area contributed by atoms with Gasteiger partial charge in [0.2, 0.25) is 0 Å². The monoisotopic (exact) mass is 458 g/mol. The molecule has 0 aromatic heterocycles. The van der Waals surface area contributed by atoms with Gasteiger partial charge in [0.15, 0.2) is 11.4 Å². The highest BCUT2D eigenvalue weighted by molar-refractivity contribution is 6.10. The Morgan fingerprint density at radius 3 is 2.21 bits per heavy atom. The summed E-state index contributed by atoms with van der Waals surface area (Å²) in [6.45, 7) is 6.37. The van der Waals surface area contributed by atoms with E-state index in [0.29, 0.717) is 22.4 Å². The van der Waals surface area contributed by atoms with Crippen molar-refractivity contribution in [1.29, 1.82) is 0 Å². The van der Waals surface area contributed by atoms with Gasteiger partial charge < -0.3 is 10.0 Å². The number of fused-ring (bicyclic) bond motifs is 1. The Bertz CT molecular complexity index is 1260. The fraction of sp³-hybridized carbons (Fsp3) is 0.259. The fourth-order valence-corrected chi connectivity index (χ4v) is 4.23. The Kier molecular flexibility index (Phi) is 5.83. The van der Waals surface area contributed by atoms with Crippen LogP contribution in [-0.2, 0) is 22.4 Å². The molecule has 1 aliphatic heterocycles. The Hall–Kier alpha value is -3.84. The highest BCUT2D eigenvalue weighted by atomic mass is 16.6. The van der Waals surface area contributed by atoms with Crippen molar-refractivity contribution in [2.45, 2.75) is 44.8 Å². The molecule has 174 valence electrons. The number of anilines is 1. The first-order valence-corrected chi connectivity index (χ1v) is 11.0. The number of ketones is 1. The van der Waals surface area contributed by atoms with Crippen LogP contribution in [0.1, 0.15) is 54.2 Å². The molecule has 3 aromatic rings. The van der Waals surface area contributed by atoms with Gasteiger partial charge in [0.25, 0.3) is 11.6 Å². The molecule has 1 heterocycles. The summed E-state index contributed by atoms with van der Waals surface area (Å²) in [4.78, 5) is 38.4. The predicted molar refractivity (Wildman–Crippen MR) is 129 cm³/mol. The molecule has 0 fully saturated rings. The number of carbonyl (C=O) groups excluding carboxylic acids is 2. The number of benzene rings is 3. The lowest BCUT2D eigenvalue weighted by molar-refractivity contribution is -0.384. The van der Waals surface area contributed by atoms with Gasteiger partial charge >= 0.3 is 0 Å². The first-order valence-electron chi connectivity index (χ1n) is 11.0. The number of hydrogen-bond acceptors (Lipinski definition) is 5. The maximum absolute atomic E-state index is 13.4. The van der Waals surface area contributed by atoms with E-state index >= 15 is 0 Å². The van der Waals surface area contributed by atoms with Crippen molar-refractivity contribution in [1.82, 2.24) is 0 Å². The van der Waals surface area contributed by atoms with Crippen molar-refractivity contribution in [3.8, 4) is 0 Å². The van der Waals surface area contributed by atoms with Crippen LogP contribution in [0.3, 0.4) is 0 Å². The third-order valence-electron chi connectivity index (χ3n) is 6.22. The van der Waals surface area contributed by atoms with E-state index in [9.17, 15) is 24.8 Å². The van der Waals surface area contributed by atoms with Crippen molar-refractivity contribution in [2.75, 3.05) is 4.90 Å².